The largest absolute Gasteiger partial charge is 0.392 e. The topological polar surface area (TPSA) is 65.9 Å². The summed E-state index contributed by atoms with van der Waals surface area (Å²) in [4.78, 5) is 4.17. The molecule has 1 heterocycles. The third-order valence-corrected chi connectivity index (χ3v) is 3.89. The number of nitrogens with zero attached hydrogens (tertiary/aromatic N) is 1. The van der Waals surface area contributed by atoms with Crippen LogP contribution in [0.4, 0.5) is 4.39 Å². The molecule has 1 unspecified atom stereocenters. The van der Waals surface area contributed by atoms with Gasteiger partial charge in [0.25, 0.3) is 0 Å². The van der Waals surface area contributed by atoms with Crippen LogP contribution < -0.4 is 10.6 Å². The van der Waals surface area contributed by atoms with E-state index in [4.69, 9.17) is 9.84 Å². The van der Waals surface area contributed by atoms with Crippen molar-refractivity contribution in [2.75, 3.05) is 20.2 Å². The predicted octanol–water partition coefficient (Wildman–Crippen LogP) is 1.55. The molecule has 1 aromatic carbocycles. The monoisotopic (exact) mass is 309 g/mol. The summed E-state index contributed by atoms with van der Waals surface area (Å²) in [6.07, 6.45) is 2.12. The van der Waals surface area contributed by atoms with Gasteiger partial charge in [-0.25, -0.2) is 4.39 Å². The average molecular weight is 309 g/mol. The minimum Gasteiger partial charge on any atom is -0.392 e. The van der Waals surface area contributed by atoms with Gasteiger partial charge in [-0.15, -0.1) is 0 Å². The molecule has 1 aliphatic heterocycles. The van der Waals surface area contributed by atoms with Crippen LogP contribution in [0.5, 0.6) is 0 Å². The van der Waals surface area contributed by atoms with Crippen molar-refractivity contribution < 1.29 is 14.2 Å². The van der Waals surface area contributed by atoms with E-state index in [0.717, 1.165) is 25.0 Å². The minimum absolute atomic E-state index is 0.141. The van der Waals surface area contributed by atoms with Gasteiger partial charge in [0.1, 0.15) is 5.82 Å². The zero-order valence-electron chi connectivity index (χ0n) is 13.2. The van der Waals surface area contributed by atoms with Crippen molar-refractivity contribution in [3.63, 3.8) is 0 Å². The van der Waals surface area contributed by atoms with E-state index in [-0.39, 0.29) is 18.0 Å². The zero-order chi connectivity index (χ0) is 16.0. The summed E-state index contributed by atoms with van der Waals surface area (Å²) < 4.78 is 19.1. The SMILES string of the molecule is CN=C(NCc1ccc(F)c(CO)c1)NCC1(C)CCCO1. The lowest BCUT2D eigenvalue weighted by molar-refractivity contribution is 0.0243. The molecule has 0 radical (unpaired) electrons. The zero-order valence-corrected chi connectivity index (χ0v) is 13.2. The third-order valence-electron chi connectivity index (χ3n) is 3.89. The van der Waals surface area contributed by atoms with Crippen LogP contribution in [-0.4, -0.2) is 36.9 Å². The number of ether oxygens (including phenoxy) is 1. The van der Waals surface area contributed by atoms with Crippen molar-refractivity contribution in [1.29, 1.82) is 0 Å². The average Bonchev–Trinajstić information content (AvgIpc) is 2.96. The number of rotatable bonds is 5. The first-order chi connectivity index (χ1) is 10.6. The summed E-state index contributed by atoms with van der Waals surface area (Å²) in [5.41, 5.74) is 1.04. The number of aliphatic hydroxyl groups excluding tert-OH is 1. The molecule has 0 saturated carbocycles. The summed E-state index contributed by atoms with van der Waals surface area (Å²) in [6.45, 7) is 3.79. The third kappa shape index (κ3) is 4.42. The first-order valence-corrected chi connectivity index (χ1v) is 7.53. The van der Waals surface area contributed by atoms with Gasteiger partial charge in [-0.2, -0.15) is 0 Å². The number of hydrogen-bond acceptors (Lipinski definition) is 3. The minimum atomic E-state index is -0.389. The van der Waals surface area contributed by atoms with E-state index < -0.39 is 0 Å². The van der Waals surface area contributed by atoms with Gasteiger partial charge in [0.15, 0.2) is 5.96 Å². The van der Waals surface area contributed by atoms with Crippen molar-refractivity contribution in [3.05, 3.63) is 35.1 Å². The van der Waals surface area contributed by atoms with Crippen LogP contribution in [0, 0.1) is 5.82 Å². The van der Waals surface area contributed by atoms with Crippen LogP contribution in [0.2, 0.25) is 0 Å². The molecule has 0 spiro atoms. The predicted molar refractivity (Wildman–Crippen MR) is 84.1 cm³/mol. The van der Waals surface area contributed by atoms with Crippen LogP contribution >= 0.6 is 0 Å². The molecule has 1 fully saturated rings. The van der Waals surface area contributed by atoms with Crippen molar-refractivity contribution in [3.8, 4) is 0 Å². The molecule has 122 valence electrons. The van der Waals surface area contributed by atoms with Crippen molar-refractivity contribution in [1.82, 2.24) is 10.6 Å². The van der Waals surface area contributed by atoms with Gasteiger partial charge >= 0.3 is 0 Å². The van der Waals surface area contributed by atoms with Gasteiger partial charge in [-0.3, -0.25) is 4.99 Å². The number of hydrogen-bond donors (Lipinski definition) is 3. The second-order valence-electron chi connectivity index (χ2n) is 5.77. The molecule has 0 aliphatic carbocycles. The van der Waals surface area contributed by atoms with Crippen LogP contribution in [0.3, 0.4) is 0 Å². The Morgan fingerprint density at radius 1 is 1.45 bits per heavy atom. The van der Waals surface area contributed by atoms with E-state index in [0.29, 0.717) is 24.6 Å². The lowest BCUT2D eigenvalue weighted by Gasteiger charge is -2.24. The fourth-order valence-electron chi connectivity index (χ4n) is 2.51. The summed E-state index contributed by atoms with van der Waals surface area (Å²) >= 11 is 0. The smallest absolute Gasteiger partial charge is 0.191 e. The van der Waals surface area contributed by atoms with Crippen LogP contribution in [0.25, 0.3) is 0 Å². The number of aliphatic hydroxyl groups is 1. The molecule has 6 heteroatoms. The van der Waals surface area contributed by atoms with E-state index in [1.807, 2.05) is 0 Å². The van der Waals surface area contributed by atoms with Crippen molar-refractivity contribution in [2.45, 2.75) is 38.5 Å². The lowest BCUT2D eigenvalue weighted by atomic mass is 10.0. The number of benzene rings is 1. The Labute approximate surface area is 130 Å². The number of nitrogens with one attached hydrogen (secondary N) is 2. The molecular weight excluding hydrogens is 285 g/mol. The van der Waals surface area contributed by atoms with E-state index in [1.54, 1.807) is 19.2 Å². The van der Waals surface area contributed by atoms with Gasteiger partial charge < -0.3 is 20.5 Å². The molecule has 2 rings (SSSR count). The Morgan fingerprint density at radius 3 is 2.91 bits per heavy atom. The molecule has 22 heavy (non-hydrogen) atoms. The lowest BCUT2D eigenvalue weighted by Crippen LogP contribution is -2.45. The standard InChI is InChI=1S/C16H24FN3O2/c1-16(6-3-7-22-16)11-20-15(18-2)19-9-12-4-5-14(17)13(8-12)10-21/h4-5,8,21H,3,6-7,9-11H2,1-2H3,(H2,18,19,20). The highest BCUT2D eigenvalue weighted by Gasteiger charge is 2.29. The second kappa shape index (κ2) is 7.56. The van der Waals surface area contributed by atoms with Gasteiger partial charge in [-0.05, 0) is 37.5 Å². The molecule has 3 N–H and O–H groups in total. The molecule has 0 amide bonds. The molecular formula is C16H24FN3O2. The highest BCUT2D eigenvalue weighted by molar-refractivity contribution is 5.79. The normalized spacial score (nSPS) is 21.9. The summed E-state index contributed by atoms with van der Waals surface area (Å²) in [5, 5.41) is 15.5. The Hall–Kier alpha value is -1.66. The summed E-state index contributed by atoms with van der Waals surface area (Å²) in [7, 11) is 1.71. The van der Waals surface area contributed by atoms with E-state index in [1.165, 1.54) is 6.07 Å². The van der Waals surface area contributed by atoms with E-state index in [9.17, 15) is 4.39 Å². The molecule has 0 bridgehead atoms. The fraction of sp³-hybridized carbons (Fsp3) is 0.562. The maximum absolute atomic E-state index is 13.3. The molecule has 1 aliphatic rings. The van der Waals surface area contributed by atoms with Gasteiger partial charge in [0.05, 0.1) is 12.2 Å². The molecule has 1 saturated heterocycles. The number of halogens is 1. The Morgan fingerprint density at radius 2 is 2.27 bits per heavy atom. The van der Waals surface area contributed by atoms with E-state index in [2.05, 4.69) is 22.5 Å². The van der Waals surface area contributed by atoms with Crippen molar-refractivity contribution in [2.24, 2.45) is 4.99 Å². The van der Waals surface area contributed by atoms with Crippen LogP contribution in [0.15, 0.2) is 23.2 Å². The Kier molecular flexibility index (Phi) is 5.74. The molecule has 5 nitrogen and oxygen atoms in total. The van der Waals surface area contributed by atoms with Crippen LogP contribution in [0.1, 0.15) is 30.9 Å². The highest BCUT2D eigenvalue weighted by atomic mass is 19.1. The second-order valence-corrected chi connectivity index (χ2v) is 5.77. The number of aliphatic imine (C=N–C) groups is 1. The van der Waals surface area contributed by atoms with Crippen LogP contribution in [-0.2, 0) is 17.9 Å². The van der Waals surface area contributed by atoms with Gasteiger partial charge in [-0.1, -0.05) is 6.07 Å². The van der Waals surface area contributed by atoms with Crippen molar-refractivity contribution >= 4 is 5.96 Å². The quantitative estimate of drug-likeness (QED) is 0.570. The first-order valence-electron chi connectivity index (χ1n) is 7.53. The maximum atomic E-state index is 13.3. The summed E-state index contributed by atoms with van der Waals surface area (Å²) in [6, 6.07) is 4.71. The Bertz CT molecular complexity index is 528. The molecule has 1 aromatic rings. The van der Waals surface area contributed by atoms with E-state index >= 15 is 0 Å². The highest BCUT2D eigenvalue weighted by Crippen LogP contribution is 2.23. The maximum Gasteiger partial charge on any atom is 0.191 e. The number of guanidine groups is 1. The first kappa shape index (κ1) is 16.7. The fourth-order valence-corrected chi connectivity index (χ4v) is 2.51. The van der Waals surface area contributed by atoms with Gasteiger partial charge in [0.2, 0.25) is 0 Å². The molecule has 0 aromatic heterocycles. The summed E-state index contributed by atoms with van der Waals surface area (Å²) in [5.74, 6) is 0.284. The molecule has 1 atom stereocenters. The van der Waals surface area contributed by atoms with Gasteiger partial charge in [0, 0.05) is 32.3 Å². The Balaban J connectivity index is 1.86.